The van der Waals surface area contributed by atoms with E-state index < -0.39 is 0 Å². The van der Waals surface area contributed by atoms with Crippen molar-refractivity contribution in [2.24, 2.45) is 11.7 Å². The van der Waals surface area contributed by atoms with Crippen LogP contribution in [0.1, 0.15) is 57.2 Å². The minimum absolute atomic E-state index is 0.190. The first-order valence-corrected chi connectivity index (χ1v) is 7.98. The van der Waals surface area contributed by atoms with Gasteiger partial charge >= 0.3 is 0 Å². The Morgan fingerprint density at radius 3 is 2.89 bits per heavy atom. The molecule has 0 spiro atoms. The molecule has 0 radical (unpaired) electrons. The van der Waals surface area contributed by atoms with Gasteiger partial charge in [0.2, 0.25) is 5.89 Å². The van der Waals surface area contributed by atoms with E-state index >= 15 is 0 Å². The lowest BCUT2D eigenvalue weighted by Gasteiger charge is -2.25. The molecule has 0 bridgehead atoms. The molecule has 5 heteroatoms. The third-order valence-electron chi connectivity index (χ3n) is 3.30. The van der Waals surface area contributed by atoms with E-state index in [-0.39, 0.29) is 12.0 Å². The lowest BCUT2D eigenvalue weighted by Crippen LogP contribution is -2.31. The van der Waals surface area contributed by atoms with Crippen molar-refractivity contribution < 1.29 is 4.52 Å². The quantitative estimate of drug-likeness (QED) is 0.890. The van der Waals surface area contributed by atoms with Crippen molar-refractivity contribution in [1.29, 1.82) is 0 Å². The molecule has 1 aliphatic carbocycles. The largest absolute Gasteiger partial charge is 0.339 e. The smallest absolute Gasteiger partial charge is 0.231 e. The van der Waals surface area contributed by atoms with Crippen molar-refractivity contribution in [3.63, 3.8) is 0 Å². The van der Waals surface area contributed by atoms with Crippen LogP contribution in [0.5, 0.6) is 0 Å². The Kier molecular flexibility index (Phi) is 5.06. The Balaban J connectivity index is 1.88. The fraction of sp³-hybridized carbons (Fsp3) is 0.846. The molecule has 0 saturated heterocycles. The summed E-state index contributed by atoms with van der Waals surface area (Å²) in [6, 6.07) is 0.190. The van der Waals surface area contributed by atoms with Crippen LogP contribution in [0.3, 0.4) is 0 Å². The second kappa shape index (κ2) is 6.57. The number of hydrogen-bond donors (Lipinski definition) is 1. The Morgan fingerprint density at radius 2 is 2.17 bits per heavy atom. The van der Waals surface area contributed by atoms with E-state index in [1.54, 1.807) is 0 Å². The molecular weight excluding hydrogens is 246 g/mol. The van der Waals surface area contributed by atoms with E-state index in [0.29, 0.717) is 5.92 Å². The van der Waals surface area contributed by atoms with Crippen molar-refractivity contribution in [2.45, 2.75) is 57.2 Å². The molecule has 1 aromatic heterocycles. The van der Waals surface area contributed by atoms with Gasteiger partial charge in [0.25, 0.3) is 0 Å². The molecule has 1 aliphatic rings. The van der Waals surface area contributed by atoms with Crippen LogP contribution in [0.25, 0.3) is 0 Å². The van der Waals surface area contributed by atoms with Gasteiger partial charge in [-0.25, -0.2) is 0 Å². The first-order chi connectivity index (χ1) is 8.66. The Morgan fingerprint density at radius 1 is 1.39 bits per heavy atom. The lowest BCUT2D eigenvalue weighted by atomic mass is 9.85. The maximum absolute atomic E-state index is 6.13. The summed E-state index contributed by atoms with van der Waals surface area (Å²) in [4.78, 5) is 4.50. The summed E-state index contributed by atoms with van der Waals surface area (Å²) in [6.45, 7) is 4.44. The van der Waals surface area contributed by atoms with E-state index in [9.17, 15) is 0 Å². The van der Waals surface area contributed by atoms with E-state index in [4.69, 9.17) is 10.3 Å². The predicted molar refractivity (Wildman–Crippen MR) is 74.5 cm³/mol. The van der Waals surface area contributed by atoms with Crippen LogP contribution in [0.15, 0.2) is 4.52 Å². The van der Waals surface area contributed by atoms with Crippen LogP contribution in [0.2, 0.25) is 0 Å². The second-order valence-corrected chi connectivity index (χ2v) is 6.54. The Labute approximate surface area is 113 Å². The van der Waals surface area contributed by atoms with Gasteiger partial charge < -0.3 is 10.3 Å². The van der Waals surface area contributed by atoms with E-state index in [2.05, 4.69) is 24.0 Å². The summed E-state index contributed by atoms with van der Waals surface area (Å²) in [6.07, 6.45) is 4.60. The van der Waals surface area contributed by atoms with Gasteiger partial charge in [-0.2, -0.15) is 16.7 Å². The second-order valence-electron chi connectivity index (χ2n) is 5.51. The zero-order valence-electron chi connectivity index (χ0n) is 11.3. The normalized spacial score (nSPS) is 24.7. The fourth-order valence-electron chi connectivity index (χ4n) is 2.33. The standard InChI is InChI=1S/C13H23N3OS/c1-9(2)7-18-8-12-15-13(17-16-12)10-5-3-4-6-11(10)14/h9-11H,3-8,14H2,1-2H3. The Hall–Kier alpha value is -0.550. The monoisotopic (exact) mass is 269 g/mol. The molecular formula is C13H23N3OS. The molecule has 102 valence electrons. The predicted octanol–water partition coefficient (Wildman–Crippen LogP) is 2.94. The molecule has 2 atom stereocenters. The molecule has 0 amide bonds. The zero-order valence-corrected chi connectivity index (χ0v) is 12.1. The van der Waals surface area contributed by atoms with Crippen LogP contribution < -0.4 is 5.73 Å². The fourth-order valence-corrected chi connectivity index (χ4v) is 3.22. The van der Waals surface area contributed by atoms with E-state index in [0.717, 1.165) is 36.1 Å². The van der Waals surface area contributed by atoms with Crippen molar-refractivity contribution >= 4 is 11.8 Å². The number of aromatic nitrogens is 2. The van der Waals surface area contributed by atoms with Gasteiger partial charge in [-0.15, -0.1) is 0 Å². The van der Waals surface area contributed by atoms with Crippen molar-refractivity contribution in [3.05, 3.63) is 11.7 Å². The maximum Gasteiger partial charge on any atom is 0.231 e. The van der Waals surface area contributed by atoms with Crippen LogP contribution in [0.4, 0.5) is 0 Å². The summed E-state index contributed by atoms with van der Waals surface area (Å²) < 4.78 is 5.38. The van der Waals surface area contributed by atoms with Gasteiger partial charge in [0.15, 0.2) is 5.82 Å². The highest BCUT2D eigenvalue weighted by molar-refractivity contribution is 7.98. The van der Waals surface area contributed by atoms with Gasteiger partial charge in [-0.05, 0) is 24.5 Å². The van der Waals surface area contributed by atoms with Crippen LogP contribution in [-0.4, -0.2) is 21.9 Å². The summed E-state index contributed by atoms with van der Waals surface area (Å²) in [5.41, 5.74) is 6.13. The number of rotatable bonds is 5. The molecule has 2 rings (SSSR count). The molecule has 1 saturated carbocycles. The zero-order chi connectivity index (χ0) is 13.0. The number of nitrogens with two attached hydrogens (primary N) is 1. The highest BCUT2D eigenvalue weighted by atomic mass is 32.2. The number of hydrogen-bond acceptors (Lipinski definition) is 5. The maximum atomic E-state index is 6.13. The van der Waals surface area contributed by atoms with Crippen LogP contribution in [0, 0.1) is 5.92 Å². The molecule has 2 unspecified atom stereocenters. The molecule has 0 aliphatic heterocycles. The summed E-state index contributed by atoms with van der Waals surface area (Å²) in [5, 5.41) is 4.06. The molecule has 1 fully saturated rings. The van der Waals surface area contributed by atoms with Gasteiger partial charge in [0, 0.05) is 6.04 Å². The van der Waals surface area contributed by atoms with Crippen LogP contribution in [-0.2, 0) is 5.75 Å². The molecule has 4 nitrogen and oxygen atoms in total. The minimum Gasteiger partial charge on any atom is -0.339 e. The number of nitrogens with zero attached hydrogens (tertiary/aromatic N) is 2. The average Bonchev–Trinajstić information content (AvgIpc) is 2.78. The first-order valence-electron chi connectivity index (χ1n) is 6.82. The molecule has 0 aromatic carbocycles. The van der Waals surface area contributed by atoms with E-state index in [1.165, 1.54) is 12.8 Å². The SMILES string of the molecule is CC(C)CSCc1noc(C2CCCCC2N)n1. The van der Waals surface area contributed by atoms with Gasteiger partial charge in [0.05, 0.1) is 11.7 Å². The molecule has 18 heavy (non-hydrogen) atoms. The summed E-state index contributed by atoms with van der Waals surface area (Å²) in [7, 11) is 0. The molecule has 2 N–H and O–H groups in total. The van der Waals surface area contributed by atoms with Gasteiger partial charge in [0.1, 0.15) is 0 Å². The third kappa shape index (κ3) is 3.72. The van der Waals surface area contributed by atoms with Crippen molar-refractivity contribution in [1.82, 2.24) is 10.1 Å². The van der Waals surface area contributed by atoms with Crippen molar-refractivity contribution in [3.8, 4) is 0 Å². The van der Waals surface area contributed by atoms with Gasteiger partial charge in [-0.1, -0.05) is 31.8 Å². The topological polar surface area (TPSA) is 64.9 Å². The third-order valence-corrected chi connectivity index (χ3v) is 4.67. The molecule has 1 aromatic rings. The molecule has 1 heterocycles. The summed E-state index contributed by atoms with van der Waals surface area (Å²) in [5.74, 6) is 4.51. The summed E-state index contributed by atoms with van der Waals surface area (Å²) >= 11 is 1.86. The highest BCUT2D eigenvalue weighted by Crippen LogP contribution is 2.31. The Bertz CT molecular complexity index is 367. The number of thioether (sulfide) groups is 1. The minimum atomic E-state index is 0.190. The first kappa shape index (κ1) is 13.9. The van der Waals surface area contributed by atoms with E-state index in [1.807, 2.05) is 11.8 Å². The van der Waals surface area contributed by atoms with Crippen molar-refractivity contribution in [2.75, 3.05) is 5.75 Å². The average molecular weight is 269 g/mol. The van der Waals surface area contributed by atoms with Gasteiger partial charge in [-0.3, -0.25) is 0 Å². The highest BCUT2D eigenvalue weighted by Gasteiger charge is 2.28. The van der Waals surface area contributed by atoms with Crippen LogP contribution >= 0.6 is 11.8 Å². The lowest BCUT2D eigenvalue weighted by molar-refractivity contribution is 0.289.